The van der Waals surface area contributed by atoms with Crippen LogP contribution in [0.2, 0.25) is 0 Å². The molecule has 6 nitrogen and oxygen atoms in total. The Morgan fingerprint density at radius 1 is 1.11 bits per heavy atom. The number of hydrogen-bond acceptors (Lipinski definition) is 4. The summed E-state index contributed by atoms with van der Waals surface area (Å²) in [6.45, 7) is 0. The molecule has 0 amide bonds. The minimum Gasteiger partial charge on any atom is -0.560 e. The fraction of sp³-hybridized carbons (Fsp3) is 0.118. The van der Waals surface area contributed by atoms with E-state index in [0.29, 0.717) is 0 Å². The molecule has 0 atom stereocenters. The number of benzene rings is 2. The van der Waals surface area contributed by atoms with Gasteiger partial charge < -0.3 is 9.88 Å². The van der Waals surface area contributed by atoms with Crippen molar-refractivity contribution in [2.24, 2.45) is 0 Å². The van der Waals surface area contributed by atoms with Crippen molar-refractivity contribution in [1.82, 2.24) is 9.78 Å². The number of aromatic nitrogens is 2. The Balaban J connectivity index is 0.00000280. The molecule has 0 saturated heterocycles. The van der Waals surface area contributed by atoms with Gasteiger partial charge in [-0.2, -0.15) is 5.10 Å². The molecule has 0 radical (unpaired) electrons. The van der Waals surface area contributed by atoms with E-state index in [1.54, 1.807) is 0 Å². The first-order valence-corrected chi connectivity index (χ1v) is 9.01. The van der Waals surface area contributed by atoms with E-state index in [0.717, 1.165) is 16.8 Å². The first kappa shape index (κ1) is 22.4. The Morgan fingerprint density at radius 2 is 1.75 bits per heavy atom. The van der Waals surface area contributed by atoms with E-state index in [-0.39, 0.29) is 57.1 Å². The fourth-order valence-corrected chi connectivity index (χ4v) is 3.00. The molecule has 142 valence electrons. The second-order valence-electron chi connectivity index (χ2n) is 5.51. The number of methoxy groups -OCH3 is 1. The van der Waals surface area contributed by atoms with Crippen LogP contribution in [0.5, 0.6) is 5.75 Å². The van der Waals surface area contributed by atoms with Crippen LogP contribution in [0, 0.1) is 5.82 Å². The molecule has 0 aliphatic carbocycles. The summed E-state index contributed by atoms with van der Waals surface area (Å²) in [4.78, 5) is -0.246. The Kier molecular flexibility index (Phi) is 6.94. The number of nitrogens with one attached hydrogen (secondary N) is 1. The molecular weight excluding hydrogens is 406 g/mol. The molecule has 0 fully saturated rings. The predicted octanol–water partition coefficient (Wildman–Crippen LogP) is 1.37. The zero-order valence-electron chi connectivity index (χ0n) is 14.9. The van der Waals surface area contributed by atoms with Crippen molar-refractivity contribution in [3.05, 3.63) is 65.2 Å². The summed E-state index contributed by atoms with van der Waals surface area (Å²) in [7, 11) is -2.84. The van der Waals surface area contributed by atoms with Crippen molar-refractivity contribution in [1.29, 1.82) is 0 Å². The SMILES string of the molecule is COc1ccc(-c2cc(C(F)F)nn2-c2ccc(S([NH-])(=O)=O)cc2)cc1F.[Na+]. The van der Waals surface area contributed by atoms with Gasteiger partial charge in [-0.05, 0) is 48.5 Å². The van der Waals surface area contributed by atoms with E-state index in [2.05, 4.69) is 5.10 Å². The largest absolute Gasteiger partial charge is 1.00 e. The van der Waals surface area contributed by atoms with Gasteiger partial charge in [-0.3, -0.25) is 0 Å². The van der Waals surface area contributed by atoms with Crippen molar-refractivity contribution in [3.63, 3.8) is 0 Å². The van der Waals surface area contributed by atoms with Gasteiger partial charge in [-0.1, -0.05) is 0 Å². The number of rotatable bonds is 5. The number of nitrogens with zero attached hydrogens (tertiary/aromatic N) is 2. The summed E-state index contributed by atoms with van der Waals surface area (Å²) in [5, 5.41) is 10.9. The van der Waals surface area contributed by atoms with Crippen LogP contribution in [0.1, 0.15) is 12.1 Å². The maximum atomic E-state index is 14.0. The van der Waals surface area contributed by atoms with E-state index < -0.39 is 28.0 Å². The van der Waals surface area contributed by atoms with Crippen LogP contribution in [-0.2, 0) is 10.0 Å². The predicted molar refractivity (Wildman–Crippen MR) is 92.0 cm³/mol. The molecule has 0 unspecified atom stereocenters. The smallest absolute Gasteiger partial charge is 0.560 e. The van der Waals surface area contributed by atoms with Crippen LogP contribution < -0.4 is 34.3 Å². The molecule has 0 spiro atoms. The Hall–Kier alpha value is -1.85. The van der Waals surface area contributed by atoms with E-state index in [1.807, 2.05) is 0 Å². The molecule has 2 aromatic carbocycles. The third-order valence-electron chi connectivity index (χ3n) is 3.79. The Morgan fingerprint density at radius 3 is 2.25 bits per heavy atom. The normalized spacial score (nSPS) is 11.4. The van der Waals surface area contributed by atoms with Gasteiger partial charge in [0.2, 0.25) is 0 Å². The summed E-state index contributed by atoms with van der Waals surface area (Å²) >= 11 is 0. The maximum Gasteiger partial charge on any atom is 1.00 e. The summed E-state index contributed by atoms with van der Waals surface area (Å²) in [5.74, 6) is -0.666. The van der Waals surface area contributed by atoms with Crippen LogP contribution in [0.3, 0.4) is 0 Å². The second-order valence-corrected chi connectivity index (χ2v) is 6.99. The third-order valence-corrected chi connectivity index (χ3v) is 4.68. The average Bonchev–Trinajstić information content (AvgIpc) is 3.06. The molecule has 0 aliphatic rings. The minimum atomic E-state index is -4.15. The van der Waals surface area contributed by atoms with Gasteiger partial charge in [0.15, 0.2) is 11.6 Å². The molecule has 3 aromatic rings. The number of hydrogen-bond donors (Lipinski definition) is 0. The number of alkyl halides is 2. The van der Waals surface area contributed by atoms with Crippen LogP contribution in [0.15, 0.2) is 53.4 Å². The molecule has 28 heavy (non-hydrogen) atoms. The number of sulfonamides is 1. The topological polar surface area (TPSA) is 85.0 Å². The number of ether oxygens (including phenoxy) is 1. The maximum absolute atomic E-state index is 14.0. The van der Waals surface area contributed by atoms with Gasteiger partial charge in [0.05, 0.1) is 28.5 Å². The van der Waals surface area contributed by atoms with Gasteiger partial charge in [0.1, 0.15) is 5.69 Å². The monoisotopic (exact) mass is 419 g/mol. The molecule has 0 aliphatic heterocycles. The molecule has 0 saturated carbocycles. The summed E-state index contributed by atoms with van der Waals surface area (Å²) in [6, 6.07) is 10.1. The number of halogens is 3. The van der Waals surface area contributed by atoms with Crippen molar-refractivity contribution < 1.29 is 55.9 Å². The van der Waals surface area contributed by atoms with Gasteiger partial charge in [0.25, 0.3) is 6.43 Å². The van der Waals surface area contributed by atoms with Crippen molar-refractivity contribution >= 4 is 10.0 Å². The Labute approximate surface area is 181 Å². The van der Waals surface area contributed by atoms with Crippen molar-refractivity contribution in [3.8, 4) is 22.7 Å². The zero-order chi connectivity index (χ0) is 19.8. The fourth-order valence-electron chi connectivity index (χ4n) is 2.50. The summed E-state index contributed by atoms with van der Waals surface area (Å²) < 4.78 is 68.8. The van der Waals surface area contributed by atoms with Crippen molar-refractivity contribution in [2.75, 3.05) is 7.11 Å². The summed E-state index contributed by atoms with van der Waals surface area (Å²) in [6.07, 6.45) is -2.85. The van der Waals surface area contributed by atoms with Gasteiger partial charge in [-0.25, -0.2) is 26.3 Å². The van der Waals surface area contributed by atoms with E-state index in [4.69, 9.17) is 9.88 Å². The summed E-state index contributed by atoms with van der Waals surface area (Å²) in [5.41, 5.74) is 0.233. The molecular formula is C17H13F3N3NaO3S. The molecule has 1 aromatic heterocycles. The molecule has 0 bridgehead atoms. The zero-order valence-corrected chi connectivity index (χ0v) is 17.7. The minimum absolute atomic E-state index is 0. The second kappa shape index (κ2) is 8.66. The van der Waals surface area contributed by atoms with Crippen molar-refractivity contribution in [2.45, 2.75) is 11.3 Å². The van der Waals surface area contributed by atoms with Crippen LogP contribution in [-0.4, -0.2) is 25.3 Å². The van der Waals surface area contributed by atoms with Crippen LogP contribution >= 0.6 is 0 Å². The average molecular weight is 419 g/mol. The first-order valence-electron chi connectivity index (χ1n) is 7.53. The molecule has 1 heterocycles. The van der Waals surface area contributed by atoms with E-state index in [1.165, 1.54) is 43.5 Å². The first-order chi connectivity index (χ1) is 12.7. The Bertz CT molecular complexity index is 1090. The standard InChI is InChI=1S/C17H13F3N3O3S.Na/c1-26-16-7-2-10(8-13(16)18)15-9-14(17(19)20)22-23(15)11-3-5-12(6-4-11)27(21,24)25;/h2-9,17H,1H3,(H-,21,24,25);/q-1;+1. The third kappa shape index (κ3) is 4.58. The van der Waals surface area contributed by atoms with Gasteiger partial charge in [0, 0.05) is 10.5 Å². The van der Waals surface area contributed by atoms with E-state index >= 15 is 0 Å². The molecule has 11 heteroatoms. The quantitative estimate of drug-likeness (QED) is 0.585. The molecule has 3 rings (SSSR count). The van der Waals surface area contributed by atoms with Gasteiger partial charge in [-0.15, -0.1) is 0 Å². The van der Waals surface area contributed by atoms with Gasteiger partial charge >= 0.3 is 29.6 Å². The van der Waals surface area contributed by atoms with Crippen LogP contribution in [0.25, 0.3) is 22.1 Å². The molecule has 1 N–H and O–H groups in total. The van der Waals surface area contributed by atoms with Crippen LogP contribution in [0.4, 0.5) is 13.2 Å². The van der Waals surface area contributed by atoms with E-state index in [9.17, 15) is 21.6 Å².